The first-order valence-corrected chi connectivity index (χ1v) is 6.47. The molecule has 2 rings (SSSR count). The van der Waals surface area contributed by atoms with Crippen molar-refractivity contribution in [1.82, 2.24) is 15.3 Å². The third kappa shape index (κ3) is 3.75. The first kappa shape index (κ1) is 12.5. The number of rotatable bonds is 5. The van der Waals surface area contributed by atoms with Crippen LogP contribution in [0.3, 0.4) is 0 Å². The van der Waals surface area contributed by atoms with E-state index in [0.717, 1.165) is 37.8 Å². The second-order valence-corrected chi connectivity index (χ2v) is 4.54. The monoisotopic (exact) mass is 235 g/mol. The van der Waals surface area contributed by atoms with Crippen LogP contribution in [0.25, 0.3) is 0 Å². The Hall–Kier alpha value is -1.00. The highest BCUT2D eigenvalue weighted by atomic mass is 16.5. The predicted octanol–water partition coefficient (Wildman–Crippen LogP) is 1.94. The lowest BCUT2D eigenvalue weighted by Gasteiger charge is -2.26. The summed E-state index contributed by atoms with van der Waals surface area (Å²) in [6.45, 7) is 4.93. The normalized spacial score (nSPS) is 19.1. The van der Waals surface area contributed by atoms with E-state index in [4.69, 9.17) is 4.74 Å². The quantitative estimate of drug-likeness (QED) is 0.847. The molecular weight excluding hydrogens is 214 g/mol. The molecule has 1 unspecified atom stereocenters. The van der Waals surface area contributed by atoms with Crippen LogP contribution >= 0.6 is 0 Å². The van der Waals surface area contributed by atoms with Crippen molar-refractivity contribution in [3.63, 3.8) is 0 Å². The van der Waals surface area contributed by atoms with Gasteiger partial charge in [-0.05, 0) is 37.8 Å². The molecule has 4 heteroatoms. The highest BCUT2D eigenvalue weighted by Gasteiger charge is 2.20. The Balaban J connectivity index is 1.96. The van der Waals surface area contributed by atoms with Crippen molar-refractivity contribution in [3.8, 4) is 0 Å². The summed E-state index contributed by atoms with van der Waals surface area (Å²) in [5, 5.41) is 3.52. The van der Waals surface area contributed by atoms with Crippen LogP contribution in [0.4, 0.5) is 0 Å². The molecule has 0 aromatic carbocycles. The lowest BCUT2D eigenvalue weighted by atomic mass is 9.91. The van der Waals surface area contributed by atoms with Crippen LogP contribution in [-0.2, 0) is 4.74 Å². The summed E-state index contributed by atoms with van der Waals surface area (Å²) in [4.78, 5) is 8.33. The smallest absolute Gasteiger partial charge is 0.115 e. The standard InChI is InChI=1S/C13H21N3O/c1-2-15-13(12-3-6-14-10-16-12)9-11-4-7-17-8-5-11/h3,6,10-11,13,15H,2,4-5,7-9H2,1H3. The van der Waals surface area contributed by atoms with Gasteiger partial charge in [0.25, 0.3) is 0 Å². The fourth-order valence-electron chi connectivity index (χ4n) is 2.38. The van der Waals surface area contributed by atoms with Crippen molar-refractivity contribution in [2.45, 2.75) is 32.2 Å². The van der Waals surface area contributed by atoms with Gasteiger partial charge >= 0.3 is 0 Å². The summed E-state index contributed by atoms with van der Waals surface area (Å²) < 4.78 is 5.40. The molecule has 1 aromatic rings. The topological polar surface area (TPSA) is 47.0 Å². The second-order valence-electron chi connectivity index (χ2n) is 4.54. The molecule has 0 aliphatic carbocycles. The maximum atomic E-state index is 5.40. The minimum Gasteiger partial charge on any atom is -0.381 e. The Morgan fingerprint density at radius 1 is 1.47 bits per heavy atom. The van der Waals surface area contributed by atoms with Crippen LogP contribution in [-0.4, -0.2) is 29.7 Å². The molecule has 17 heavy (non-hydrogen) atoms. The lowest BCUT2D eigenvalue weighted by molar-refractivity contribution is 0.0604. The SMILES string of the molecule is CCNC(CC1CCOCC1)c1ccncn1. The van der Waals surface area contributed by atoms with E-state index in [9.17, 15) is 0 Å². The molecule has 0 spiro atoms. The van der Waals surface area contributed by atoms with E-state index >= 15 is 0 Å². The van der Waals surface area contributed by atoms with E-state index in [1.54, 1.807) is 6.33 Å². The van der Waals surface area contributed by atoms with Gasteiger partial charge in [0.15, 0.2) is 0 Å². The predicted molar refractivity (Wildman–Crippen MR) is 66.6 cm³/mol. The van der Waals surface area contributed by atoms with Crippen molar-refractivity contribution in [3.05, 3.63) is 24.3 Å². The summed E-state index contributed by atoms with van der Waals surface area (Å²) in [5.41, 5.74) is 1.10. The van der Waals surface area contributed by atoms with E-state index in [-0.39, 0.29) is 0 Å². The van der Waals surface area contributed by atoms with Crippen molar-refractivity contribution >= 4 is 0 Å². The number of nitrogens with one attached hydrogen (secondary N) is 1. The average molecular weight is 235 g/mol. The van der Waals surface area contributed by atoms with Gasteiger partial charge in [0, 0.05) is 25.5 Å². The molecular formula is C13H21N3O. The van der Waals surface area contributed by atoms with E-state index in [0.29, 0.717) is 6.04 Å². The van der Waals surface area contributed by atoms with E-state index in [1.807, 2.05) is 12.3 Å². The highest BCUT2D eigenvalue weighted by molar-refractivity contribution is 5.05. The van der Waals surface area contributed by atoms with Gasteiger partial charge in [0.1, 0.15) is 6.33 Å². The Morgan fingerprint density at radius 2 is 2.29 bits per heavy atom. The van der Waals surface area contributed by atoms with Gasteiger partial charge < -0.3 is 10.1 Å². The average Bonchev–Trinajstić information content (AvgIpc) is 2.40. The maximum absolute atomic E-state index is 5.40. The van der Waals surface area contributed by atoms with Crippen LogP contribution < -0.4 is 5.32 Å². The molecule has 1 N–H and O–H groups in total. The lowest BCUT2D eigenvalue weighted by Crippen LogP contribution is -2.26. The summed E-state index contributed by atoms with van der Waals surface area (Å²) >= 11 is 0. The Morgan fingerprint density at radius 3 is 2.94 bits per heavy atom. The molecule has 1 atom stereocenters. The summed E-state index contributed by atoms with van der Waals surface area (Å²) in [6.07, 6.45) is 6.94. The van der Waals surface area contributed by atoms with Crippen LogP contribution in [0, 0.1) is 5.92 Å². The van der Waals surface area contributed by atoms with E-state index < -0.39 is 0 Å². The van der Waals surface area contributed by atoms with Crippen molar-refractivity contribution in [1.29, 1.82) is 0 Å². The molecule has 0 amide bonds. The zero-order valence-corrected chi connectivity index (χ0v) is 10.4. The van der Waals surface area contributed by atoms with Crippen LogP contribution in [0.1, 0.15) is 37.9 Å². The number of aromatic nitrogens is 2. The first-order valence-electron chi connectivity index (χ1n) is 6.47. The van der Waals surface area contributed by atoms with Crippen molar-refractivity contribution in [2.75, 3.05) is 19.8 Å². The third-order valence-electron chi connectivity index (χ3n) is 3.32. The second kappa shape index (κ2) is 6.67. The molecule has 0 radical (unpaired) electrons. The first-order chi connectivity index (χ1) is 8.40. The van der Waals surface area contributed by atoms with Gasteiger partial charge in [-0.2, -0.15) is 0 Å². The van der Waals surface area contributed by atoms with Crippen LogP contribution in [0.15, 0.2) is 18.6 Å². The summed E-state index contributed by atoms with van der Waals surface area (Å²) in [7, 11) is 0. The van der Waals surface area contributed by atoms with Gasteiger partial charge in [-0.3, -0.25) is 0 Å². The van der Waals surface area contributed by atoms with E-state index in [1.165, 1.54) is 12.8 Å². The van der Waals surface area contributed by atoms with Gasteiger partial charge in [-0.25, -0.2) is 9.97 Å². The van der Waals surface area contributed by atoms with Gasteiger partial charge in [-0.15, -0.1) is 0 Å². The van der Waals surface area contributed by atoms with Crippen molar-refractivity contribution in [2.24, 2.45) is 5.92 Å². The largest absolute Gasteiger partial charge is 0.381 e. The minimum atomic E-state index is 0.353. The Kier molecular flexibility index (Phi) is 4.88. The number of hydrogen-bond acceptors (Lipinski definition) is 4. The van der Waals surface area contributed by atoms with Gasteiger partial charge in [0.2, 0.25) is 0 Å². The summed E-state index contributed by atoms with van der Waals surface area (Å²) in [5.74, 6) is 0.753. The zero-order chi connectivity index (χ0) is 11.9. The molecule has 1 aromatic heterocycles. The van der Waals surface area contributed by atoms with Crippen molar-refractivity contribution < 1.29 is 4.74 Å². The number of nitrogens with zero attached hydrogens (tertiary/aromatic N) is 2. The maximum Gasteiger partial charge on any atom is 0.115 e. The molecule has 1 aliphatic rings. The molecule has 4 nitrogen and oxygen atoms in total. The van der Waals surface area contributed by atoms with Gasteiger partial charge in [-0.1, -0.05) is 6.92 Å². The number of ether oxygens (including phenoxy) is 1. The fraction of sp³-hybridized carbons (Fsp3) is 0.692. The highest BCUT2D eigenvalue weighted by Crippen LogP contribution is 2.26. The fourth-order valence-corrected chi connectivity index (χ4v) is 2.38. The molecule has 2 heterocycles. The summed E-state index contributed by atoms with van der Waals surface area (Å²) in [6, 6.07) is 2.36. The zero-order valence-electron chi connectivity index (χ0n) is 10.4. The minimum absolute atomic E-state index is 0.353. The van der Waals surface area contributed by atoms with Crippen LogP contribution in [0.5, 0.6) is 0 Å². The molecule has 1 fully saturated rings. The van der Waals surface area contributed by atoms with Gasteiger partial charge in [0.05, 0.1) is 5.69 Å². The number of hydrogen-bond donors (Lipinski definition) is 1. The Labute approximate surface area is 103 Å². The molecule has 0 bridgehead atoms. The van der Waals surface area contributed by atoms with Crippen LogP contribution in [0.2, 0.25) is 0 Å². The third-order valence-corrected chi connectivity index (χ3v) is 3.32. The van der Waals surface area contributed by atoms with E-state index in [2.05, 4.69) is 22.2 Å². The molecule has 1 saturated heterocycles. The molecule has 94 valence electrons. The molecule has 0 saturated carbocycles. The Bertz CT molecular complexity index is 312. The molecule has 1 aliphatic heterocycles.